The van der Waals surface area contributed by atoms with E-state index in [9.17, 15) is 0 Å². The molecule has 8 aromatic carbocycles. The van der Waals surface area contributed by atoms with Crippen molar-refractivity contribution in [2.24, 2.45) is 0 Å². The molecule has 0 heterocycles. The molecule has 0 saturated heterocycles. The first-order valence-electron chi connectivity index (χ1n) is 19.8. The Labute approximate surface area is 333 Å². The van der Waals surface area contributed by atoms with Crippen LogP contribution in [0, 0.1) is 34.6 Å². The van der Waals surface area contributed by atoms with Gasteiger partial charge in [-0.25, -0.2) is 0 Å². The lowest BCUT2D eigenvalue weighted by molar-refractivity contribution is 0.930. The standard InChI is InChI=1S/C14H14.C13H14.C11H10.2C7H8.C3H8/c1-11-3-7-13(8-4-11)14-9-5-12(2)6-10-14;1-2-6-11-8-5-9-12-7-3-4-10-13(11)12;1-9-5-4-7-10-6-2-3-8-11(9)10;2*1-7-5-3-2-4-6-7;1-3-2/h3-10H,1-2H3;3-5,7-10H,2,6H2,1H3;2-8H,1H3;2*2-6H,1H3;3H2,1-2H3. The molecule has 0 heteroatoms. The highest BCUT2D eigenvalue weighted by atomic mass is 14.0. The molecule has 0 aliphatic rings. The van der Waals surface area contributed by atoms with E-state index < -0.39 is 0 Å². The van der Waals surface area contributed by atoms with Crippen LogP contribution in [0.5, 0.6) is 0 Å². The van der Waals surface area contributed by atoms with Gasteiger partial charge in [-0.15, -0.1) is 0 Å². The molecule has 0 spiro atoms. The van der Waals surface area contributed by atoms with E-state index in [1.807, 2.05) is 36.4 Å². The summed E-state index contributed by atoms with van der Waals surface area (Å²) < 4.78 is 0. The predicted molar refractivity (Wildman–Crippen MR) is 246 cm³/mol. The van der Waals surface area contributed by atoms with Gasteiger partial charge in [0, 0.05) is 0 Å². The van der Waals surface area contributed by atoms with Crippen LogP contribution in [-0.2, 0) is 6.42 Å². The number of hydrogen-bond acceptors (Lipinski definition) is 0. The third kappa shape index (κ3) is 16.5. The third-order valence-corrected chi connectivity index (χ3v) is 8.72. The minimum absolute atomic E-state index is 1.18. The Morgan fingerprint density at radius 3 is 1.05 bits per heavy atom. The summed E-state index contributed by atoms with van der Waals surface area (Å²) in [5, 5.41) is 5.45. The average Bonchev–Trinajstić information content (AvgIpc) is 3.21. The van der Waals surface area contributed by atoms with Gasteiger partial charge in [-0.3, -0.25) is 0 Å². The van der Waals surface area contributed by atoms with Crippen molar-refractivity contribution in [2.75, 3.05) is 0 Å². The Hall–Kier alpha value is -5.72. The maximum atomic E-state index is 2.23. The topological polar surface area (TPSA) is 0 Å². The first-order valence-corrected chi connectivity index (χ1v) is 19.8. The Morgan fingerprint density at radius 2 is 0.655 bits per heavy atom. The average molecular weight is 723 g/mol. The summed E-state index contributed by atoms with van der Waals surface area (Å²) in [6.45, 7) is 17.0. The maximum absolute atomic E-state index is 2.23. The fourth-order valence-electron chi connectivity index (χ4n) is 5.73. The Balaban J connectivity index is 0.000000186. The molecule has 0 N–H and O–H groups in total. The zero-order chi connectivity index (χ0) is 39.7. The van der Waals surface area contributed by atoms with E-state index in [2.05, 4.69) is 213 Å². The molecule has 0 radical (unpaired) electrons. The first-order chi connectivity index (χ1) is 26.7. The van der Waals surface area contributed by atoms with Crippen molar-refractivity contribution in [3.63, 3.8) is 0 Å². The van der Waals surface area contributed by atoms with Crippen molar-refractivity contribution in [2.45, 2.75) is 74.7 Å². The summed E-state index contributed by atoms with van der Waals surface area (Å²) in [5.74, 6) is 0. The number of fused-ring (bicyclic) bond motifs is 2. The first kappa shape index (κ1) is 43.7. The van der Waals surface area contributed by atoms with E-state index in [0.717, 1.165) is 0 Å². The second-order valence-corrected chi connectivity index (χ2v) is 13.9. The van der Waals surface area contributed by atoms with Crippen LogP contribution in [0.15, 0.2) is 194 Å². The van der Waals surface area contributed by atoms with Gasteiger partial charge in [-0.1, -0.05) is 250 Å². The van der Waals surface area contributed by atoms with Crippen molar-refractivity contribution in [3.8, 4) is 11.1 Å². The van der Waals surface area contributed by atoms with Crippen LogP contribution in [0.1, 0.15) is 67.0 Å². The van der Waals surface area contributed by atoms with Crippen LogP contribution in [0.25, 0.3) is 32.7 Å². The quantitative estimate of drug-likeness (QED) is 0.170. The van der Waals surface area contributed by atoms with Gasteiger partial charge >= 0.3 is 0 Å². The zero-order valence-electron chi connectivity index (χ0n) is 34.6. The molecule has 0 nitrogen and oxygen atoms in total. The highest BCUT2D eigenvalue weighted by Crippen LogP contribution is 2.21. The minimum atomic E-state index is 1.18. The molecule has 0 aliphatic carbocycles. The molecule has 282 valence electrons. The van der Waals surface area contributed by atoms with E-state index in [-0.39, 0.29) is 0 Å². The predicted octanol–water partition coefficient (Wildman–Crippen LogP) is 16.3. The summed E-state index contributed by atoms with van der Waals surface area (Å²) in [7, 11) is 0. The Kier molecular flexibility index (Phi) is 20.1. The number of hydrogen-bond donors (Lipinski definition) is 0. The minimum Gasteiger partial charge on any atom is -0.0656 e. The smallest absolute Gasteiger partial charge is 0.0152 e. The molecule has 0 aromatic heterocycles. The van der Waals surface area contributed by atoms with Crippen LogP contribution in [0.4, 0.5) is 0 Å². The number of rotatable bonds is 3. The lowest BCUT2D eigenvalue weighted by Crippen LogP contribution is -1.84. The van der Waals surface area contributed by atoms with Gasteiger partial charge in [0.25, 0.3) is 0 Å². The molecule has 0 atom stereocenters. The maximum Gasteiger partial charge on any atom is -0.0152 e. The van der Waals surface area contributed by atoms with Crippen molar-refractivity contribution in [1.82, 2.24) is 0 Å². The Bertz CT molecular complexity index is 2080. The van der Waals surface area contributed by atoms with Crippen LogP contribution in [-0.4, -0.2) is 0 Å². The van der Waals surface area contributed by atoms with Crippen molar-refractivity contribution >= 4 is 21.5 Å². The molecule has 0 amide bonds. The summed E-state index contributed by atoms with van der Waals surface area (Å²) >= 11 is 0. The van der Waals surface area contributed by atoms with E-state index in [1.165, 1.54) is 85.3 Å². The normalized spacial score (nSPS) is 9.67. The lowest BCUT2D eigenvalue weighted by atomic mass is 10.0. The second-order valence-electron chi connectivity index (χ2n) is 13.9. The van der Waals surface area contributed by atoms with Crippen LogP contribution in [0.3, 0.4) is 0 Å². The van der Waals surface area contributed by atoms with Crippen LogP contribution >= 0.6 is 0 Å². The van der Waals surface area contributed by atoms with Gasteiger partial charge in [-0.2, -0.15) is 0 Å². The molecule has 0 unspecified atom stereocenters. The summed E-state index contributed by atoms with van der Waals surface area (Å²) in [6, 6.07) is 67.7. The number of aryl methyl sites for hydroxylation is 6. The molecule has 8 rings (SSSR count). The molecule has 8 aromatic rings. The van der Waals surface area contributed by atoms with Gasteiger partial charge in [0.15, 0.2) is 0 Å². The van der Waals surface area contributed by atoms with Crippen molar-refractivity contribution in [3.05, 3.63) is 228 Å². The van der Waals surface area contributed by atoms with E-state index >= 15 is 0 Å². The number of benzene rings is 8. The SMILES string of the molecule is CCC.CCCc1cccc2ccccc12.Cc1ccc(-c2ccc(C)cc2)cc1.Cc1cccc2ccccc12.Cc1ccccc1.Cc1ccccc1. The van der Waals surface area contributed by atoms with Gasteiger partial charge in [-0.05, 0) is 84.8 Å². The van der Waals surface area contributed by atoms with Gasteiger partial charge < -0.3 is 0 Å². The molecule has 0 aliphatic heterocycles. The second kappa shape index (κ2) is 25.3. The van der Waals surface area contributed by atoms with E-state index in [0.29, 0.717) is 0 Å². The molecular formula is C55H62. The third-order valence-electron chi connectivity index (χ3n) is 8.72. The van der Waals surface area contributed by atoms with Crippen molar-refractivity contribution in [1.29, 1.82) is 0 Å². The largest absolute Gasteiger partial charge is 0.0656 e. The van der Waals surface area contributed by atoms with Gasteiger partial charge in [0.1, 0.15) is 0 Å². The molecule has 0 saturated carbocycles. The zero-order valence-corrected chi connectivity index (χ0v) is 34.6. The Morgan fingerprint density at radius 1 is 0.309 bits per heavy atom. The van der Waals surface area contributed by atoms with Crippen LogP contribution in [0.2, 0.25) is 0 Å². The molecule has 0 bridgehead atoms. The molecule has 0 fully saturated rings. The summed E-state index contributed by atoms with van der Waals surface area (Å²) in [6.07, 6.45) is 3.65. The molecule has 55 heavy (non-hydrogen) atoms. The monoisotopic (exact) mass is 722 g/mol. The van der Waals surface area contributed by atoms with E-state index in [1.54, 1.807) is 0 Å². The highest BCUT2D eigenvalue weighted by molar-refractivity contribution is 5.86. The fourth-order valence-corrected chi connectivity index (χ4v) is 5.73. The summed E-state index contributed by atoms with van der Waals surface area (Å²) in [4.78, 5) is 0. The van der Waals surface area contributed by atoms with Crippen molar-refractivity contribution < 1.29 is 0 Å². The van der Waals surface area contributed by atoms with Crippen LogP contribution < -0.4 is 0 Å². The van der Waals surface area contributed by atoms with E-state index in [4.69, 9.17) is 0 Å². The fraction of sp³-hybridized carbons (Fsp3) is 0.200. The van der Waals surface area contributed by atoms with Gasteiger partial charge in [0.2, 0.25) is 0 Å². The molecular weight excluding hydrogens is 661 g/mol. The summed E-state index contributed by atoms with van der Waals surface area (Å²) in [5.41, 5.74) is 10.7. The highest BCUT2D eigenvalue weighted by Gasteiger charge is 1.98. The van der Waals surface area contributed by atoms with Gasteiger partial charge in [0.05, 0.1) is 0 Å². The lowest BCUT2D eigenvalue weighted by Gasteiger charge is -2.03.